The molecule has 1 heterocycles. The first-order valence-corrected chi connectivity index (χ1v) is 3.41. The number of aliphatic hydroxyl groups is 1. The van der Waals surface area contributed by atoms with Crippen molar-refractivity contribution in [1.29, 1.82) is 0 Å². The van der Waals surface area contributed by atoms with Gasteiger partial charge in [-0.1, -0.05) is 0 Å². The maximum atomic E-state index is 10.9. The van der Waals surface area contributed by atoms with E-state index in [-0.39, 0.29) is 18.9 Å². The van der Waals surface area contributed by atoms with Crippen molar-refractivity contribution in [2.24, 2.45) is 0 Å². The highest BCUT2D eigenvalue weighted by Crippen LogP contribution is 2.20. The van der Waals surface area contributed by atoms with Crippen molar-refractivity contribution in [3.05, 3.63) is 5.21 Å². The molecule has 0 radical (unpaired) electrons. The summed E-state index contributed by atoms with van der Waals surface area (Å²) in [5, 5.41) is 19.3. The molecule has 0 aromatic heterocycles. The summed E-state index contributed by atoms with van der Waals surface area (Å²) < 4.78 is -0.653. The minimum absolute atomic E-state index is 0.00819. The van der Waals surface area contributed by atoms with E-state index in [9.17, 15) is 10.0 Å². The molecule has 1 rings (SSSR count). The largest absolute Gasteiger partial charge is 0.625 e. The Hall–Kier alpha value is -0.450. The Kier molecular flexibility index (Phi) is 2.03. The zero-order valence-corrected chi connectivity index (χ0v) is 5.75. The molecular formula is C6H11NO3. The topological polar surface area (TPSA) is 60.4 Å². The normalized spacial score (nSPS) is 20.6. The van der Waals surface area contributed by atoms with Gasteiger partial charge < -0.3 is 10.3 Å². The predicted octanol–water partition coefficient (Wildman–Crippen LogP) is -0.386. The molecule has 1 N–H and O–H groups in total. The highest BCUT2D eigenvalue weighted by molar-refractivity contribution is 5.70. The Balaban J connectivity index is 2.22. The van der Waals surface area contributed by atoms with Gasteiger partial charge in [0.05, 0.1) is 6.42 Å². The number of nitrogens with zero attached hydrogens (tertiary/aromatic N) is 1. The van der Waals surface area contributed by atoms with E-state index in [0.29, 0.717) is 19.5 Å². The average Bonchev–Trinajstić information content (AvgIpc) is 2.64. The minimum Gasteiger partial charge on any atom is -0.625 e. The maximum absolute atomic E-state index is 10.9. The monoisotopic (exact) mass is 145 g/mol. The molecule has 1 aliphatic rings. The molecule has 1 saturated heterocycles. The van der Waals surface area contributed by atoms with Crippen LogP contribution in [0, 0.1) is 5.21 Å². The van der Waals surface area contributed by atoms with Crippen LogP contribution in [0.3, 0.4) is 0 Å². The fourth-order valence-corrected chi connectivity index (χ4v) is 0.774. The van der Waals surface area contributed by atoms with E-state index < -0.39 is 4.65 Å². The lowest BCUT2D eigenvalue weighted by molar-refractivity contribution is -0.660. The zero-order valence-electron chi connectivity index (χ0n) is 5.75. The summed E-state index contributed by atoms with van der Waals surface area (Å²) >= 11 is 0. The van der Waals surface area contributed by atoms with Gasteiger partial charge in [-0.15, -0.1) is 0 Å². The zero-order chi connectivity index (χ0) is 7.61. The molecule has 0 spiro atoms. The maximum Gasteiger partial charge on any atom is 0.314 e. The van der Waals surface area contributed by atoms with Crippen LogP contribution in [0.1, 0.15) is 12.8 Å². The summed E-state index contributed by atoms with van der Waals surface area (Å²) in [4.78, 5) is 10.8. The van der Waals surface area contributed by atoms with Gasteiger partial charge in [0.2, 0.25) is 0 Å². The molecule has 0 bridgehead atoms. The van der Waals surface area contributed by atoms with Gasteiger partial charge >= 0.3 is 5.91 Å². The van der Waals surface area contributed by atoms with Crippen molar-refractivity contribution in [3.63, 3.8) is 0 Å². The van der Waals surface area contributed by atoms with Crippen molar-refractivity contribution in [1.82, 2.24) is 0 Å². The van der Waals surface area contributed by atoms with Crippen molar-refractivity contribution < 1.29 is 14.5 Å². The van der Waals surface area contributed by atoms with E-state index in [2.05, 4.69) is 0 Å². The SMILES string of the molecule is O=C(CCCO)[N+]1([O-])CC1. The van der Waals surface area contributed by atoms with E-state index in [0.717, 1.165) is 0 Å². The molecule has 58 valence electrons. The van der Waals surface area contributed by atoms with Gasteiger partial charge in [0.25, 0.3) is 0 Å². The Bertz CT molecular complexity index is 142. The highest BCUT2D eigenvalue weighted by atomic mass is 16.6. The molecule has 0 unspecified atom stereocenters. The highest BCUT2D eigenvalue weighted by Gasteiger charge is 2.39. The number of amides is 1. The van der Waals surface area contributed by atoms with E-state index >= 15 is 0 Å². The summed E-state index contributed by atoms with van der Waals surface area (Å²) in [7, 11) is 0. The van der Waals surface area contributed by atoms with Gasteiger partial charge in [0.15, 0.2) is 0 Å². The van der Waals surface area contributed by atoms with Gasteiger partial charge in [-0.25, -0.2) is 4.79 Å². The lowest BCUT2D eigenvalue weighted by atomic mass is 10.3. The number of carbonyl (C=O) groups excluding carboxylic acids is 1. The van der Waals surface area contributed by atoms with Crippen LogP contribution in [0.25, 0.3) is 0 Å². The predicted molar refractivity (Wildman–Crippen MR) is 34.7 cm³/mol. The Morgan fingerprint density at radius 1 is 1.60 bits per heavy atom. The summed E-state index contributed by atoms with van der Waals surface area (Å²) in [6.07, 6.45) is 0.640. The van der Waals surface area contributed by atoms with Crippen LogP contribution in [0.4, 0.5) is 0 Å². The first kappa shape index (κ1) is 7.65. The molecule has 10 heavy (non-hydrogen) atoms. The molecule has 4 nitrogen and oxygen atoms in total. The first-order valence-electron chi connectivity index (χ1n) is 3.41. The molecular weight excluding hydrogens is 134 g/mol. The van der Waals surface area contributed by atoms with Crippen LogP contribution < -0.4 is 0 Å². The molecule has 0 aliphatic carbocycles. The summed E-state index contributed by atoms with van der Waals surface area (Å²) in [5.74, 6) is -0.283. The Labute approximate surface area is 59.2 Å². The fourth-order valence-electron chi connectivity index (χ4n) is 0.774. The number of quaternary nitrogens is 1. The van der Waals surface area contributed by atoms with Gasteiger partial charge in [-0.2, -0.15) is 0 Å². The van der Waals surface area contributed by atoms with Gasteiger partial charge in [-0.05, 0) is 6.42 Å². The van der Waals surface area contributed by atoms with E-state index in [1.165, 1.54) is 0 Å². The number of hydrogen-bond acceptors (Lipinski definition) is 3. The molecule has 1 fully saturated rings. The Morgan fingerprint density at radius 3 is 2.60 bits per heavy atom. The quantitative estimate of drug-likeness (QED) is 0.334. The van der Waals surface area contributed by atoms with Crippen LogP contribution in [0.5, 0.6) is 0 Å². The van der Waals surface area contributed by atoms with Crippen molar-refractivity contribution in [3.8, 4) is 0 Å². The molecule has 0 aromatic carbocycles. The smallest absolute Gasteiger partial charge is 0.314 e. The molecule has 0 atom stereocenters. The second kappa shape index (κ2) is 2.65. The lowest BCUT2D eigenvalue weighted by Crippen LogP contribution is -2.26. The third-order valence-electron chi connectivity index (χ3n) is 1.63. The third kappa shape index (κ3) is 1.53. The van der Waals surface area contributed by atoms with Crippen LogP contribution >= 0.6 is 0 Å². The summed E-state index contributed by atoms with van der Waals surface area (Å²) in [6, 6.07) is 0. The van der Waals surface area contributed by atoms with Crippen LogP contribution in [-0.4, -0.2) is 35.4 Å². The standard InChI is InChI=1S/C6H11NO3/c8-5-1-2-6(9)7(10)3-4-7/h8H,1-5H2. The second-order valence-corrected chi connectivity index (χ2v) is 2.56. The van der Waals surface area contributed by atoms with Gasteiger partial charge in [0, 0.05) is 6.61 Å². The average molecular weight is 145 g/mol. The lowest BCUT2D eigenvalue weighted by Gasteiger charge is -2.17. The van der Waals surface area contributed by atoms with Crippen LogP contribution in [-0.2, 0) is 4.79 Å². The number of carbonyl (C=O) groups is 1. The van der Waals surface area contributed by atoms with Crippen molar-refractivity contribution >= 4 is 5.91 Å². The number of aliphatic hydroxyl groups excluding tert-OH is 1. The van der Waals surface area contributed by atoms with Gasteiger partial charge in [-0.3, -0.25) is 4.65 Å². The fraction of sp³-hybridized carbons (Fsp3) is 0.833. The van der Waals surface area contributed by atoms with Crippen molar-refractivity contribution in [2.75, 3.05) is 19.7 Å². The number of hydrogen-bond donors (Lipinski definition) is 1. The van der Waals surface area contributed by atoms with E-state index in [1.54, 1.807) is 0 Å². The van der Waals surface area contributed by atoms with Crippen LogP contribution in [0.15, 0.2) is 0 Å². The summed E-state index contributed by atoms with van der Waals surface area (Å²) in [6.45, 7) is 0.861. The minimum atomic E-state index is -0.653. The number of rotatable bonds is 3. The van der Waals surface area contributed by atoms with E-state index in [4.69, 9.17) is 5.11 Å². The number of hydroxylamine groups is 3. The summed E-state index contributed by atoms with van der Waals surface area (Å²) in [5.41, 5.74) is 0. The Morgan fingerprint density at radius 2 is 2.20 bits per heavy atom. The second-order valence-electron chi connectivity index (χ2n) is 2.56. The van der Waals surface area contributed by atoms with Gasteiger partial charge in [0.1, 0.15) is 13.1 Å². The molecule has 4 heteroatoms. The molecule has 1 aliphatic heterocycles. The molecule has 1 amide bonds. The van der Waals surface area contributed by atoms with Crippen molar-refractivity contribution in [2.45, 2.75) is 12.8 Å². The first-order chi connectivity index (χ1) is 4.69. The van der Waals surface area contributed by atoms with E-state index in [1.807, 2.05) is 0 Å². The van der Waals surface area contributed by atoms with Crippen LogP contribution in [0.2, 0.25) is 0 Å². The third-order valence-corrected chi connectivity index (χ3v) is 1.63. The molecule has 0 aromatic rings. The molecule has 0 saturated carbocycles.